The van der Waals surface area contributed by atoms with Crippen molar-refractivity contribution < 1.29 is 8.42 Å². The van der Waals surface area contributed by atoms with Gasteiger partial charge < -0.3 is 4.57 Å². The van der Waals surface area contributed by atoms with E-state index in [4.69, 9.17) is 5.26 Å². The summed E-state index contributed by atoms with van der Waals surface area (Å²) in [6, 6.07) is 1.79. The average molecular weight is 242 g/mol. The van der Waals surface area contributed by atoms with E-state index >= 15 is 0 Å². The Kier molecular flexibility index (Phi) is 3.67. The minimum absolute atomic E-state index is 0.00963. The van der Waals surface area contributed by atoms with Gasteiger partial charge in [-0.05, 0) is 13.8 Å². The Hall–Kier alpha value is -1.39. The lowest BCUT2D eigenvalue weighted by atomic mass is 10.6. The molecule has 88 valence electrons. The van der Waals surface area contributed by atoms with E-state index in [-0.39, 0.29) is 11.6 Å². The van der Waals surface area contributed by atoms with Crippen molar-refractivity contribution in [1.82, 2.24) is 13.9 Å². The second-order valence-electron chi connectivity index (χ2n) is 3.33. The first kappa shape index (κ1) is 12.7. The van der Waals surface area contributed by atoms with E-state index in [0.29, 0.717) is 12.4 Å². The molecule has 0 radical (unpaired) electrons. The van der Waals surface area contributed by atoms with Crippen molar-refractivity contribution in [1.29, 1.82) is 5.26 Å². The lowest BCUT2D eigenvalue weighted by Gasteiger charge is -2.10. The molecule has 6 nitrogen and oxygen atoms in total. The molecule has 0 amide bonds. The Morgan fingerprint density at radius 2 is 2.25 bits per heavy atom. The first-order valence-electron chi connectivity index (χ1n) is 4.80. The van der Waals surface area contributed by atoms with E-state index in [1.807, 2.05) is 6.92 Å². The first-order chi connectivity index (χ1) is 7.43. The highest BCUT2D eigenvalue weighted by atomic mass is 32.2. The third kappa shape index (κ3) is 2.23. The van der Waals surface area contributed by atoms with Gasteiger partial charge in [0.2, 0.25) is 0 Å². The summed E-state index contributed by atoms with van der Waals surface area (Å²) < 4.78 is 26.5. The molecule has 0 bridgehead atoms. The molecule has 0 aliphatic carbocycles. The van der Waals surface area contributed by atoms with Crippen molar-refractivity contribution >= 4 is 10.0 Å². The topological polar surface area (TPSA) is 79.0 Å². The van der Waals surface area contributed by atoms with Crippen molar-refractivity contribution in [3.05, 3.63) is 12.0 Å². The van der Waals surface area contributed by atoms with Gasteiger partial charge >= 0.3 is 0 Å². The predicted molar refractivity (Wildman–Crippen MR) is 58.1 cm³/mol. The van der Waals surface area contributed by atoms with Gasteiger partial charge in [-0.3, -0.25) is 0 Å². The van der Waals surface area contributed by atoms with E-state index in [0.717, 1.165) is 4.31 Å². The molecule has 7 heteroatoms. The summed E-state index contributed by atoms with van der Waals surface area (Å²) in [5.74, 6) is 0.645. The largest absolute Gasteiger partial charge is 0.334 e. The van der Waals surface area contributed by atoms with E-state index in [1.165, 1.54) is 13.2 Å². The smallest absolute Gasteiger partial charge is 0.262 e. The molecule has 0 atom stereocenters. The Labute approximate surface area is 95.2 Å². The van der Waals surface area contributed by atoms with E-state index < -0.39 is 10.0 Å². The van der Waals surface area contributed by atoms with Gasteiger partial charge in [-0.2, -0.15) is 9.57 Å². The van der Waals surface area contributed by atoms with E-state index in [9.17, 15) is 8.42 Å². The second-order valence-corrected chi connectivity index (χ2v) is 5.32. The van der Waals surface area contributed by atoms with Gasteiger partial charge in [-0.15, -0.1) is 0 Å². The van der Waals surface area contributed by atoms with Crippen LogP contribution in [0, 0.1) is 18.3 Å². The molecule has 1 aromatic rings. The van der Waals surface area contributed by atoms with Crippen LogP contribution in [0.4, 0.5) is 0 Å². The van der Waals surface area contributed by atoms with Crippen LogP contribution in [0.3, 0.4) is 0 Å². The predicted octanol–water partition coefficient (Wildman–Crippen LogP) is 0.355. The molecule has 1 rings (SSSR count). The molecular formula is C9H14N4O2S. The fourth-order valence-corrected chi connectivity index (χ4v) is 2.32. The quantitative estimate of drug-likeness (QED) is 0.714. The summed E-state index contributed by atoms with van der Waals surface area (Å²) in [6.07, 6.45) is 1.48. The highest BCUT2D eigenvalue weighted by Gasteiger charge is 2.23. The van der Waals surface area contributed by atoms with Crippen molar-refractivity contribution in [2.24, 2.45) is 0 Å². The molecule has 0 N–H and O–H groups in total. The number of imidazole rings is 1. The SMILES string of the molecule is CCn1cc(S(=O)(=O)N(C)CC#N)nc1C. The van der Waals surface area contributed by atoms with Crippen molar-refractivity contribution in [3.8, 4) is 6.07 Å². The molecule has 1 aromatic heterocycles. The molecule has 0 spiro atoms. The van der Waals surface area contributed by atoms with Crippen LogP contribution in [0.15, 0.2) is 11.2 Å². The lowest BCUT2D eigenvalue weighted by molar-refractivity contribution is 0.498. The Bertz CT molecular complexity index is 512. The highest BCUT2D eigenvalue weighted by Crippen LogP contribution is 2.13. The highest BCUT2D eigenvalue weighted by molar-refractivity contribution is 7.89. The van der Waals surface area contributed by atoms with Crippen molar-refractivity contribution in [2.45, 2.75) is 25.4 Å². The second kappa shape index (κ2) is 4.63. The number of hydrogen-bond acceptors (Lipinski definition) is 4. The summed E-state index contributed by atoms with van der Waals surface area (Å²) >= 11 is 0. The van der Waals surface area contributed by atoms with Crippen LogP contribution in [0.5, 0.6) is 0 Å². The molecular weight excluding hydrogens is 228 g/mol. The van der Waals surface area contributed by atoms with Crippen LogP contribution in [-0.4, -0.2) is 35.9 Å². The minimum atomic E-state index is -3.63. The standard InChI is InChI=1S/C9H14N4O2S/c1-4-13-7-9(11-8(13)2)16(14,15)12(3)6-5-10/h7H,4,6H2,1-3H3. The monoisotopic (exact) mass is 242 g/mol. The van der Waals surface area contributed by atoms with Gasteiger partial charge in [0.1, 0.15) is 12.4 Å². The summed E-state index contributed by atoms with van der Waals surface area (Å²) in [4.78, 5) is 3.98. The van der Waals surface area contributed by atoms with Crippen LogP contribution in [0.2, 0.25) is 0 Å². The number of nitrogens with zero attached hydrogens (tertiary/aromatic N) is 4. The Morgan fingerprint density at radius 3 is 2.69 bits per heavy atom. The van der Waals surface area contributed by atoms with Crippen molar-refractivity contribution in [2.75, 3.05) is 13.6 Å². The molecule has 0 unspecified atom stereocenters. The van der Waals surface area contributed by atoms with Gasteiger partial charge in [0.05, 0.1) is 6.07 Å². The van der Waals surface area contributed by atoms with Crippen LogP contribution in [-0.2, 0) is 16.6 Å². The number of aromatic nitrogens is 2. The molecule has 0 saturated carbocycles. The average Bonchev–Trinajstić information content (AvgIpc) is 2.60. The zero-order valence-electron chi connectivity index (χ0n) is 9.51. The van der Waals surface area contributed by atoms with Crippen LogP contribution in [0.25, 0.3) is 0 Å². The Morgan fingerprint density at radius 1 is 1.62 bits per heavy atom. The third-order valence-electron chi connectivity index (χ3n) is 2.26. The number of sulfonamides is 1. The summed E-state index contributed by atoms with van der Waals surface area (Å²) in [7, 11) is -2.27. The zero-order chi connectivity index (χ0) is 12.3. The van der Waals surface area contributed by atoms with Crippen LogP contribution < -0.4 is 0 Å². The maximum absolute atomic E-state index is 11.9. The fraction of sp³-hybridized carbons (Fsp3) is 0.556. The maximum Gasteiger partial charge on any atom is 0.262 e. The molecule has 1 heterocycles. The normalized spacial score (nSPS) is 11.7. The summed E-state index contributed by atoms with van der Waals surface area (Å²) in [5.41, 5.74) is 0. The van der Waals surface area contributed by atoms with E-state index in [1.54, 1.807) is 17.6 Å². The minimum Gasteiger partial charge on any atom is -0.334 e. The van der Waals surface area contributed by atoms with Crippen LogP contribution in [0.1, 0.15) is 12.7 Å². The summed E-state index contributed by atoms with van der Waals surface area (Å²) in [6.45, 7) is 4.13. The molecule has 0 saturated heterocycles. The van der Waals surface area contributed by atoms with Gasteiger partial charge in [-0.25, -0.2) is 13.4 Å². The van der Waals surface area contributed by atoms with Gasteiger partial charge in [-0.1, -0.05) is 0 Å². The number of aryl methyl sites for hydroxylation is 2. The van der Waals surface area contributed by atoms with E-state index in [2.05, 4.69) is 4.98 Å². The molecule has 0 aromatic carbocycles. The van der Waals surface area contributed by atoms with Gasteiger partial charge in [0.25, 0.3) is 10.0 Å². The first-order valence-corrected chi connectivity index (χ1v) is 6.24. The Balaban J connectivity index is 3.13. The molecule has 0 aliphatic rings. The fourth-order valence-electron chi connectivity index (χ4n) is 1.27. The summed E-state index contributed by atoms with van der Waals surface area (Å²) in [5, 5.41) is 8.46. The molecule has 16 heavy (non-hydrogen) atoms. The zero-order valence-corrected chi connectivity index (χ0v) is 10.3. The number of hydrogen-bond donors (Lipinski definition) is 0. The number of nitriles is 1. The lowest BCUT2D eigenvalue weighted by Crippen LogP contribution is -2.27. The molecule has 0 aliphatic heterocycles. The maximum atomic E-state index is 11.9. The van der Waals surface area contributed by atoms with Gasteiger partial charge in [0.15, 0.2) is 5.03 Å². The molecule has 0 fully saturated rings. The number of rotatable bonds is 4. The third-order valence-corrected chi connectivity index (χ3v) is 3.94. The van der Waals surface area contributed by atoms with Crippen molar-refractivity contribution in [3.63, 3.8) is 0 Å². The van der Waals surface area contributed by atoms with Crippen LogP contribution >= 0.6 is 0 Å². The van der Waals surface area contributed by atoms with Gasteiger partial charge in [0, 0.05) is 19.8 Å².